The topological polar surface area (TPSA) is 65.3 Å². The molecule has 0 aliphatic rings. The molecule has 0 radical (unpaired) electrons. The zero-order valence-electron chi connectivity index (χ0n) is 11.8. The van der Waals surface area contributed by atoms with Crippen molar-refractivity contribution in [3.63, 3.8) is 0 Å². The van der Waals surface area contributed by atoms with Gasteiger partial charge in [-0.2, -0.15) is 10.2 Å². The van der Waals surface area contributed by atoms with E-state index in [0.717, 1.165) is 17.7 Å². The highest BCUT2D eigenvalue weighted by atomic mass is 16.3. The second-order valence-corrected chi connectivity index (χ2v) is 4.57. The van der Waals surface area contributed by atoms with Crippen molar-refractivity contribution in [2.75, 3.05) is 25.1 Å². The van der Waals surface area contributed by atoms with Gasteiger partial charge in [-0.3, -0.25) is 4.79 Å². The number of rotatable bonds is 6. The monoisotopic (exact) mass is 283 g/mol. The van der Waals surface area contributed by atoms with E-state index in [4.69, 9.17) is 5.11 Å². The summed E-state index contributed by atoms with van der Waals surface area (Å²) in [6, 6.07) is 14.5. The van der Waals surface area contributed by atoms with Crippen LogP contribution in [0.25, 0.3) is 0 Å². The van der Waals surface area contributed by atoms with Crippen LogP contribution in [0.5, 0.6) is 0 Å². The highest BCUT2D eigenvalue weighted by Gasteiger charge is 1.99. The Balaban J connectivity index is 2.05. The third-order valence-electron chi connectivity index (χ3n) is 3.04. The number of likely N-dealkylation sites (N-methyl/N-ethyl adjacent to an activating group) is 1. The molecule has 0 saturated carbocycles. The van der Waals surface area contributed by atoms with Crippen LogP contribution in [0.1, 0.15) is 10.4 Å². The minimum absolute atomic E-state index is 0.120. The van der Waals surface area contributed by atoms with Gasteiger partial charge in [0.1, 0.15) is 6.29 Å². The lowest BCUT2D eigenvalue weighted by atomic mass is 10.2. The number of hydrogen-bond donors (Lipinski definition) is 1. The molecule has 5 nitrogen and oxygen atoms in total. The molecule has 108 valence electrons. The van der Waals surface area contributed by atoms with Gasteiger partial charge in [0.15, 0.2) is 0 Å². The fraction of sp³-hybridized carbons (Fsp3) is 0.188. The number of benzene rings is 2. The summed E-state index contributed by atoms with van der Waals surface area (Å²) >= 11 is 0. The first-order chi connectivity index (χ1) is 10.2. The van der Waals surface area contributed by atoms with Crippen LogP contribution in [0.15, 0.2) is 58.8 Å². The predicted molar refractivity (Wildman–Crippen MR) is 82.8 cm³/mol. The SMILES string of the molecule is CN(CCO)c1ccc(/N=N/c2ccc(C=O)cc2)cc1. The van der Waals surface area contributed by atoms with Crippen LogP contribution in [0.3, 0.4) is 0 Å². The van der Waals surface area contributed by atoms with Gasteiger partial charge in [-0.25, -0.2) is 0 Å². The molecule has 0 aliphatic carbocycles. The lowest BCUT2D eigenvalue weighted by Crippen LogP contribution is -2.20. The second-order valence-electron chi connectivity index (χ2n) is 4.57. The number of aldehydes is 1. The molecule has 0 amide bonds. The van der Waals surface area contributed by atoms with Gasteiger partial charge in [-0.05, 0) is 48.5 Å². The van der Waals surface area contributed by atoms with E-state index in [-0.39, 0.29) is 6.61 Å². The molecule has 2 aromatic carbocycles. The number of anilines is 1. The Hall–Kier alpha value is -2.53. The van der Waals surface area contributed by atoms with Crippen LogP contribution in [0, 0.1) is 0 Å². The highest BCUT2D eigenvalue weighted by Crippen LogP contribution is 2.21. The van der Waals surface area contributed by atoms with E-state index in [1.165, 1.54) is 0 Å². The van der Waals surface area contributed by atoms with Crippen molar-refractivity contribution >= 4 is 23.3 Å². The summed E-state index contributed by atoms with van der Waals surface area (Å²) in [5.41, 5.74) is 3.07. The molecule has 0 atom stereocenters. The minimum Gasteiger partial charge on any atom is -0.395 e. The number of carbonyl (C=O) groups excluding carboxylic acids is 1. The van der Waals surface area contributed by atoms with Gasteiger partial charge in [0.25, 0.3) is 0 Å². The van der Waals surface area contributed by atoms with E-state index in [1.807, 2.05) is 36.2 Å². The molecule has 5 heteroatoms. The smallest absolute Gasteiger partial charge is 0.150 e. The normalized spacial score (nSPS) is 10.8. The molecule has 0 fully saturated rings. The molecule has 0 bridgehead atoms. The standard InChI is InChI=1S/C16H17N3O2/c1-19(10-11-20)16-8-6-15(7-9-16)18-17-14-4-2-13(12-21)3-5-14/h2-9,12,20H,10-11H2,1H3/b18-17+. The molecule has 0 unspecified atom stereocenters. The van der Waals surface area contributed by atoms with Crippen molar-refractivity contribution in [2.24, 2.45) is 10.2 Å². The molecule has 0 aromatic heterocycles. The predicted octanol–water partition coefficient (Wildman–Crippen LogP) is 3.34. The van der Waals surface area contributed by atoms with E-state index in [0.29, 0.717) is 17.8 Å². The van der Waals surface area contributed by atoms with Crippen LogP contribution in [0.4, 0.5) is 17.1 Å². The third-order valence-corrected chi connectivity index (χ3v) is 3.04. The van der Waals surface area contributed by atoms with Crippen molar-refractivity contribution in [2.45, 2.75) is 0 Å². The number of carbonyl (C=O) groups is 1. The van der Waals surface area contributed by atoms with Gasteiger partial charge in [0, 0.05) is 24.8 Å². The van der Waals surface area contributed by atoms with E-state index in [9.17, 15) is 4.79 Å². The molecule has 21 heavy (non-hydrogen) atoms. The van der Waals surface area contributed by atoms with Crippen molar-refractivity contribution in [3.8, 4) is 0 Å². The molecule has 0 aliphatic heterocycles. The summed E-state index contributed by atoms with van der Waals surface area (Å²) in [6.07, 6.45) is 0.794. The quantitative estimate of drug-likeness (QED) is 0.653. The second kappa shape index (κ2) is 7.31. The zero-order chi connectivity index (χ0) is 15.1. The first-order valence-corrected chi connectivity index (χ1v) is 6.62. The Morgan fingerprint density at radius 2 is 1.52 bits per heavy atom. The van der Waals surface area contributed by atoms with Crippen molar-refractivity contribution in [1.29, 1.82) is 0 Å². The van der Waals surface area contributed by atoms with E-state index >= 15 is 0 Å². The summed E-state index contributed by atoms with van der Waals surface area (Å²) in [5, 5.41) is 17.2. The number of azo groups is 1. The number of aliphatic hydroxyl groups excluding tert-OH is 1. The van der Waals surface area contributed by atoms with Crippen LogP contribution in [-0.4, -0.2) is 31.6 Å². The Morgan fingerprint density at radius 1 is 1.00 bits per heavy atom. The van der Waals surface area contributed by atoms with Crippen LogP contribution in [-0.2, 0) is 0 Å². The first-order valence-electron chi connectivity index (χ1n) is 6.62. The maximum absolute atomic E-state index is 10.6. The molecular weight excluding hydrogens is 266 g/mol. The summed E-state index contributed by atoms with van der Waals surface area (Å²) in [4.78, 5) is 12.5. The summed E-state index contributed by atoms with van der Waals surface area (Å²) in [7, 11) is 1.92. The van der Waals surface area contributed by atoms with Gasteiger partial charge in [0.05, 0.1) is 18.0 Å². The van der Waals surface area contributed by atoms with Crippen LogP contribution >= 0.6 is 0 Å². The van der Waals surface area contributed by atoms with Crippen molar-refractivity contribution < 1.29 is 9.90 Å². The molecule has 1 N–H and O–H groups in total. The molecular formula is C16H17N3O2. The molecule has 2 rings (SSSR count). The lowest BCUT2D eigenvalue weighted by Gasteiger charge is -2.17. The fourth-order valence-corrected chi connectivity index (χ4v) is 1.79. The first kappa shape index (κ1) is 14.9. The highest BCUT2D eigenvalue weighted by molar-refractivity contribution is 5.75. The third kappa shape index (κ3) is 4.22. The molecule has 0 saturated heterocycles. The molecule has 0 spiro atoms. The van der Waals surface area contributed by atoms with E-state index in [2.05, 4.69) is 10.2 Å². The Morgan fingerprint density at radius 3 is 2.00 bits per heavy atom. The Kier molecular flexibility index (Phi) is 5.17. The van der Waals surface area contributed by atoms with Gasteiger partial charge in [0.2, 0.25) is 0 Å². The van der Waals surface area contributed by atoms with Gasteiger partial charge < -0.3 is 10.0 Å². The van der Waals surface area contributed by atoms with Gasteiger partial charge >= 0.3 is 0 Å². The number of aliphatic hydroxyl groups is 1. The zero-order valence-corrected chi connectivity index (χ0v) is 11.8. The number of nitrogens with zero attached hydrogens (tertiary/aromatic N) is 3. The van der Waals surface area contributed by atoms with E-state index in [1.54, 1.807) is 24.3 Å². The van der Waals surface area contributed by atoms with Crippen molar-refractivity contribution in [3.05, 3.63) is 54.1 Å². The Labute approximate surface area is 123 Å². The van der Waals surface area contributed by atoms with Crippen LogP contribution < -0.4 is 4.90 Å². The summed E-state index contributed by atoms with van der Waals surface area (Å²) in [5.74, 6) is 0. The van der Waals surface area contributed by atoms with Crippen molar-refractivity contribution in [1.82, 2.24) is 0 Å². The summed E-state index contributed by atoms with van der Waals surface area (Å²) < 4.78 is 0. The van der Waals surface area contributed by atoms with Crippen LogP contribution in [0.2, 0.25) is 0 Å². The maximum atomic E-state index is 10.6. The summed E-state index contributed by atoms with van der Waals surface area (Å²) in [6.45, 7) is 0.707. The average molecular weight is 283 g/mol. The van der Waals surface area contributed by atoms with Gasteiger partial charge in [-0.1, -0.05) is 0 Å². The van der Waals surface area contributed by atoms with E-state index < -0.39 is 0 Å². The maximum Gasteiger partial charge on any atom is 0.150 e. The Bertz CT molecular complexity index is 606. The molecule has 2 aromatic rings. The largest absolute Gasteiger partial charge is 0.395 e. The number of hydrogen-bond acceptors (Lipinski definition) is 5. The fourth-order valence-electron chi connectivity index (χ4n) is 1.79. The average Bonchev–Trinajstić information content (AvgIpc) is 2.54. The lowest BCUT2D eigenvalue weighted by molar-refractivity contribution is 0.112. The molecule has 0 heterocycles. The minimum atomic E-state index is 0.120. The van der Waals surface area contributed by atoms with Gasteiger partial charge in [-0.15, -0.1) is 0 Å².